The Hall–Kier alpha value is -3.63. The molecular formula is C26H41N5O6. The molecule has 0 fully saturated rings. The number of alkyl carbamates (subject to hydrolysis) is 1. The van der Waals surface area contributed by atoms with Crippen LogP contribution in [0.3, 0.4) is 0 Å². The maximum absolute atomic E-state index is 13.2. The van der Waals surface area contributed by atoms with Crippen molar-refractivity contribution in [2.24, 2.45) is 17.6 Å². The minimum absolute atomic E-state index is 0.121. The molecule has 0 aromatic heterocycles. The second-order valence-electron chi connectivity index (χ2n) is 9.66. The fourth-order valence-electron chi connectivity index (χ4n) is 3.55. The number of hydrogen-bond acceptors (Lipinski definition) is 6. The van der Waals surface area contributed by atoms with Crippen LogP contribution in [0.15, 0.2) is 30.3 Å². The van der Waals surface area contributed by atoms with Crippen molar-refractivity contribution >= 4 is 29.7 Å². The Kier molecular flexibility index (Phi) is 13.1. The van der Waals surface area contributed by atoms with Gasteiger partial charge in [0.05, 0.1) is 6.61 Å². The van der Waals surface area contributed by atoms with Crippen molar-refractivity contribution in [3.8, 4) is 0 Å². The summed E-state index contributed by atoms with van der Waals surface area (Å²) in [4.78, 5) is 62.5. The van der Waals surface area contributed by atoms with Gasteiger partial charge in [-0.3, -0.25) is 19.2 Å². The van der Waals surface area contributed by atoms with Crippen LogP contribution in [0.1, 0.15) is 53.5 Å². The number of primary amides is 1. The highest BCUT2D eigenvalue weighted by Crippen LogP contribution is 2.08. The molecule has 0 spiro atoms. The molecule has 0 unspecified atom stereocenters. The first-order valence-corrected chi connectivity index (χ1v) is 12.5. The molecular weight excluding hydrogens is 478 g/mol. The summed E-state index contributed by atoms with van der Waals surface area (Å²) in [7, 11) is 0. The Labute approximate surface area is 218 Å². The summed E-state index contributed by atoms with van der Waals surface area (Å²) < 4.78 is 4.92. The molecule has 6 N–H and O–H groups in total. The second-order valence-corrected chi connectivity index (χ2v) is 9.66. The molecule has 1 aromatic rings. The van der Waals surface area contributed by atoms with Crippen LogP contribution in [-0.2, 0) is 30.3 Å². The summed E-state index contributed by atoms with van der Waals surface area (Å²) in [6, 6.07) is 5.26. The van der Waals surface area contributed by atoms with Gasteiger partial charge in [-0.25, -0.2) is 4.79 Å². The van der Waals surface area contributed by atoms with Crippen LogP contribution in [0.2, 0.25) is 0 Å². The Morgan fingerprint density at radius 3 is 1.95 bits per heavy atom. The highest BCUT2D eigenvalue weighted by Gasteiger charge is 2.31. The monoisotopic (exact) mass is 519 g/mol. The van der Waals surface area contributed by atoms with Crippen LogP contribution >= 0.6 is 0 Å². The number of nitrogens with one attached hydrogen (secondary N) is 4. The number of benzene rings is 1. The van der Waals surface area contributed by atoms with Gasteiger partial charge in [0.15, 0.2) is 0 Å². The van der Waals surface area contributed by atoms with Crippen molar-refractivity contribution in [3.05, 3.63) is 35.9 Å². The minimum atomic E-state index is -0.997. The average molecular weight is 520 g/mol. The zero-order chi connectivity index (χ0) is 28.1. The van der Waals surface area contributed by atoms with Crippen LogP contribution < -0.4 is 27.0 Å². The van der Waals surface area contributed by atoms with E-state index in [1.807, 2.05) is 44.2 Å². The lowest BCUT2D eigenvalue weighted by Gasteiger charge is -2.27. The van der Waals surface area contributed by atoms with Crippen LogP contribution in [0, 0.1) is 11.8 Å². The van der Waals surface area contributed by atoms with Gasteiger partial charge in [0.25, 0.3) is 0 Å². The number of carbonyl (C=O) groups is 5. The Morgan fingerprint density at radius 1 is 0.811 bits per heavy atom. The third-order valence-electron chi connectivity index (χ3n) is 5.53. The van der Waals surface area contributed by atoms with E-state index in [2.05, 4.69) is 21.3 Å². The minimum Gasteiger partial charge on any atom is -0.450 e. The second kappa shape index (κ2) is 15.5. The zero-order valence-corrected chi connectivity index (χ0v) is 22.5. The molecule has 1 rings (SSSR count). The molecule has 206 valence electrons. The standard InChI is InChI=1S/C26H41N5O6/c1-7-37-26(36)30-20(14-18-11-9-8-10-12-18)24(34)31-21(16(4)5)25(35)28-17(6)23(33)29-19(22(27)32)13-15(2)3/h8-12,15-17,19-21H,7,13-14H2,1-6H3,(H2,27,32)(H,28,35)(H,29,33)(H,30,36)(H,31,34)/t17-,19-,20-,21-/m0/s1. The molecule has 0 aliphatic rings. The highest BCUT2D eigenvalue weighted by molar-refractivity contribution is 5.95. The first kappa shape index (κ1) is 31.4. The van der Waals surface area contributed by atoms with Crippen molar-refractivity contribution in [2.75, 3.05) is 6.61 Å². The number of rotatable bonds is 14. The van der Waals surface area contributed by atoms with E-state index in [1.54, 1.807) is 20.8 Å². The SMILES string of the molecule is CCOC(=O)N[C@@H](Cc1ccccc1)C(=O)N[C@H](C(=O)N[C@@H](C)C(=O)N[C@@H](CC(C)C)C(N)=O)C(C)C. The lowest BCUT2D eigenvalue weighted by atomic mass is 10.0. The number of nitrogens with two attached hydrogens (primary N) is 1. The Bertz CT molecular complexity index is 921. The maximum atomic E-state index is 13.2. The molecule has 5 amide bonds. The molecule has 0 heterocycles. The van der Waals surface area contributed by atoms with Crippen molar-refractivity contribution in [1.82, 2.24) is 21.3 Å². The van der Waals surface area contributed by atoms with Crippen LogP contribution in [0.5, 0.6) is 0 Å². The third kappa shape index (κ3) is 11.3. The van der Waals surface area contributed by atoms with E-state index >= 15 is 0 Å². The molecule has 4 atom stereocenters. The molecule has 1 aromatic carbocycles. The number of carbonyl (C=O) groups excluding carboxylic acids is 5. The van der Waals surface area contributed by atoms with Crippen LogP contribution in [0.25, 0.3) is 0 Å². The first-order valence-electron chi connectivity index (χ1n) is 12.5. The van der Waals surface area contributed by atoms with Crippen molar-refractivity contribution < 1.29 is 28.7 Å². The summed E-state index contributed by atoms with van der Waals surface area (Å²) in [6.07, 6.45) is -0.205. The molecule has 37 heavy (non-hydrogen) atoms. The fraction of sp³-hybridized carbons (Fsp3) is 0.577. The van der Waals surface area contributed by atoms with Crippen molar-refractivity contribution in [1.29, 1.82) is 0 Å². The highest BCUT2D eigenvalue weighted by atomic mass is 16.5. The fourth-order valence-corrected chi connectivity index (χ4v) is 3.55. The van der Waals surface area contributed by atoms with E-state index in [4.69, 9.17) is 10.5 Å². The summed E-state index contributed by atoms with van der Waals surface area (Å²) >= 11 is 0. The van der Waals surface area contributed by atoms with Crippen LogP contribution in [-0.4, -0.2) is 60.5 Å². The van der Waals surface area contributed by atoms with E-state index in [1.165, 1.54) is 6.92 Å². The third-order valence-corrected chi connectivity index (χ3v) is 5.53. The van der Waals surface area contributed by atoms with Gasteiger partial charge in [0.1, 0.15) is 24.2 Å². The summed E-state index contributed by atoms with van der Waals surface area (Å²) in [5.41, 5.74) is 6.19. The van der Waals surface area contributed by atoms with E-state index in [-0.39, 0.29) is 24.9 Å². The number of ether oxygens (including phenoxy) is 1. The smallest absolute Gasteiger partial charge is 0.407 e. The van der Waals surface area contributed by atoms with Crippen molar-refractivity contribution in [3.63, 3.8) is 0 Å². The molecule has 11 nitrogen and oxygen atoms in total. The van der Waals surface area contributed by atoms with Gasteiger partial charge in [0.2, 0.25) is 23.6 Å². The maximum Gasteiger partial charge on any atom is 0.407 e. The van der Waals surface area contributed by atoms with Gasteiger partial charge < -0.3 is 31.7 Å². The number of hydrogen-bond donors (Lipinski definition) is 5. The topological polar surface area (TPSA) is 169 Å². The van der Waals surface area contributed by atoms with E-state index < -0.39 is 53.9 Å². The summed E-state index contributed by atoms with van der Waals surface area (Å²) in [5, 5.41) is 10.4. The zero-order valence-electron chi connectivity index (χ0n) is 22.5. The molecule has 0 saturated heterocycles. The predicted octanol–water partition coefficient (Wildman–Crippen LogP) is 1.01. The van der Waals surface area contributed by atoms with Gasteiger partial charge >= 0.3 is 6.09 Å². The summed E-state index contributed by atoms with van der Waals surface area (Å²) in [6.45, 7) is 10.5. The molecule has 11 heteroatoms. The first-order chi connectivity index (χ1) is 17.3. The molecule has 0 radical (unpaired) electrons. The Balaban J connectivity index is 2.93. The van der Waals surface area contributed by atoms with E-state index in [0.29, 0.717) is 6.42 Å². The van der Waals surface area contributed by atoms with E-state index in [0.717, 1.165) is 5.56 Å². The van der Waals surface area contributed by atoms with Gasteiger partial charge in [-0.15, -0.1) is 0 Å². The average Bonchev–Trinajstić information content (AvgIpc) is 2.81. The van der Waals surface area contributed by atoms with Gasteiger partial charge in [-0.1, -0.05) is 58.0 Å². The lowest BCUT2D eigenvalue weighted by Crippen LogP contribution is -2.59. The van der Waals surface area contributed by atoms with Crippen molar-refractivity contribution in [2.45, 2.75) is 78.6 Å². The molecule has 0 aliphatic heterocycles. The molecule has 0 saturated carbocycles. The number of amides is 5. The Morgan fingerprint density at radius 2 is 1.43 bits per heavy atom. The van der Waals surface area contributed by atoms with E-state index in [9.17, 15) is 24.0 Å². The molecule has 0 aliphatic carbocycles. The predicted molar refractivity (Wildman–Crippen MR) is 139 cm³/mol. The van der Waals surface area contributed by atoms with Gasteiger partial charge in [-0.2, -0.15) is 0 Å². The summed E-state index contributed by atoms with van der Waals surface area (Å²) in [5.74, 6) is -2.61. The van der Waals surface area contributed by atoms with Gasteiger partial charge in [-0.05, 0) is 37.7 Å². The van der Waals surface area contributed by atoms with Crippen LogP contribution in [0.4, 0.5) is 4.79 Å². The van der Waals surface area contributed by atoms with Gasteiger partial charge in [0, 0.05) is 6.42 Å². The normalized spacial score (nSPS) is 14.2. The lowest BCUT2D eigenvalue weighted by molar-refractivity contribution is -0.134. The largest absolute Gasteiger partial charge is 0.450 e. The quantitative estimate of drug-likeness (QED) is 0.246. The molecule has 0 bridgehead atoms.